The number of hydrogen-bond donors (Lipinski definition) is 0. The number of carbonyl (C=O) groups excluding carboxylic acids is 1. The van der Waals surface area contributed by atoms with E-state index in [1.165, 1.54) is 0 Å². The van der Waals surface area contributed by atoms with Gasteiger partial charge >= 0.3 is 0 Å². The lowest BCUT2D eigenvalue weighted by molar-refractivity contribution is 0.0792. The van der Waals surface area contributed by atoms with E-state index in [9.17, 15) is 4.79 Å². The maximum atomic E-state index is 12.1. The molecular weight excluding hydrogens is 198 g/mol. The molecule has 1 aromatic rings. The van der Waals surface area contributed by atoms with Crippen molar-refractivity contribution in [2.45, 2.75) is 19.8 Å². The molecule has 1 aromatic carbocycles. The lowest BCUT2D eigenvalue weighted by atomic mass is 10.0. The SMILES string of the molecule is C#Cc1ccc(C(=O)N2CCCC2)c(C)c1. The predicted molar refractivity (Wildman–Crippen MR) is 64.3 cm³/mol. The Hall–Kier alpha value is -1.75. The molecule has 0 unspecified atom stereocenters. The van der Waals surface area contributed by atoms with E-state index in [4.69, 9.17) is 6.42 Å². The van der Waals surface area contributed by atoms with Gasteiger partial charge in [0.15, 0.2) is 0 Å². The van der Waals surface area contributed by atoms with Crippen LogP contribution in [0.15, 0.2) is 18.2 Å². The van der Waals surface area contributed by atoms with Crippen molar-refractivity contribution in [3.8, 4) is 12.3 Å². The molecule has 1 aliphatic heterocycles. The van der Waals surface area contributed by atoms with Crippen LogP contribution in [-0.2, 0) is 0 Å². The zero-order valence-corrected chi connectivity index (χ0v) is 9.49. The molecular formula is C14H15NO. The number of carbonyl (C=O) groups is 1. The van der Waals surface area contributed by atoms with Gasteiger partial charge in [-0.05, 0) is 43.5 Å². The molecule has 0 saturated carbocycles. The minimum Gasteiger partial charge on any atom is -0.339 e. The Bertz CT molecular complexity index is 450. The smallest absolute Gasteiger partial charge is 0.254 e. The second-order valence-corrected chi connectivity index (χ2v) is 4.17. The number of nitrogens with zero attached hydrogens (tertiary/aromatic N) is 1. The average Bonchev–Trinajstić information content (AvgIpc) is 2.81. The Labute approximate surface area is 96.3 Å². The van der Waals surface area contributed by atoms with E-state index in [1.807, 2.05) is 30.0 Å². The standard InChI is InChI=1S/C14H15NO/c1-3-12-6-7-13(11(2)10-12)14(16)15-8-4-5-9-15/h1,6-7,10H,4-5,8-9H2,2H3. The van der Waals surface area contributed by atoms with Crippen LogP contribution >= 0.6 is 0 Å². The van der Waals surface area contributed by atoms with Crippen LogP contribution < -0.4 is 0 Å². The van der Waals surface area contributed by atoms with Crippen LogP contribution in [0.4, 0.5) is 0 Å². The molecule has 0 N–H and O–H groups in total. The first-order chi connectivity index (χ1) is 7.72. The number of rotatable bonds is 1. The van der Waals surface area contributed by atoms with Gasteiger partial charge in [-0.2, -0.15) is 0 Å². The molecule has 16 heavy (non-hydrogen) atoms. The van der Waals surface area contributed by atoms with Crippen LogP contribution in [0.3, 0.4) is 0 Å². The molecule has 1 fully saturated rings. The van der Waals surface area contributed by atoms with E-state index in [2.05, 4.69) is 5.92 Å². The second kappa shape index (κ2) is 4.40. The first-order valence-corrected chi connectivity index (χ1v) is 5.59. The highest BCUT2D eigenvalue weighted by Crippen LogP contribution is 2.16. The van der Waals surface area contributed by atoms with E-state index in [-0.39, 0.29) is 5.91 Å². The van der Waals surface area contributed by atoms with Gasteiger partial charge in [0, 0.05) is 24.2 Å². The first kappa shape index (κ1) is 10.8. The minimum atomic E-state index is 0.138. The molecule has 0 bridgehead atoms. The quantitative estimate of drug-likeness (QED) is 0.655. The van der Waals surface area contributed by atoms with Crippen LogP contribution in [-0.4, -0.2) is 23.9 Å². The first-order valence-electron chi connectivity index (χ1n) is 5.59. The molecule has 1 saturated heterocycles. The summed E-state index contributed by atoms with van der Waals surface area (Å²) in [5.41, 5.74) is 2.57. The topological polar surface area (TPSA) is 20.3 Å². The Morgan fingerprint density at radius 2 is 2.06 bits per heavy atom. The molecule has 1 heterocycles. The summed E-state index contributed by atoms with van der Waals surface area (Å²) in [7, 11) is 0. The molecule has 0 spiro atoms. The zero-order chi connectivity index (χ0) is 11.5. The molecule has 1 aliphatic rings. The lowest BCUT2D eigenvalue weighted by Crippen LogP contribution is -2.28. The monoisotopic (exact) mass is 213 g/mol. The third-order valence-corrected chi connectivity index (χ3v) is 3.02. The van der Waals surface area contributed by atoms with Gasteiger partial charge in [0.1, 0.15) is 0 Å². The summed E-state index contributed by atoms with van der Waals surface area (Å²) < 4.78 is 0. The molecule has 0 radical (unpaired) electrons. The maximum absolute atomic E-state index is 12.1. The molecule has 1 amide bonds. The second-order valence-electron chi connectivity index (χ2n) is 4.17. The average molecular weight is 213 g/mol. The van der Waals surface area contributed by atoms with E-state index < -0.39 is 0 Å². The fourth-order valence-electron chi connectivity index (χ4n) is 2.08. The number of amides is 1. The third-order valence-electron chi connectivity index (χ3n) is 3.02. The maximum Gasteiger partial charge on any atom is 0.254 e. The number of aryl methyl sites for hydroxylation is 1. The normalized spacial score (nSPS) is 14.9. The number of benzene rings is 1. The van der Waals surface area contributed by atoms with E-state index >= 15 is 0 Å². The summed E-state index contributed by atoms with van der Waals surface area (Å²) in [5, 5.41) is 0. The van der Waals surface area contributed by atoms with Crippen LogP contribution in [0.25, 0.3) is 0 Å². The summed E-state index contributed by atoms with van der Waals surface area (Å²) in [5.74, 6) is 2.72. The van der Waals surface area contributed by atoms with E-state index in [0.717, 1.165) is 42.6 Å². The van der Waals surface area contributed by atoms with Gasteiger partial charge in [-0.3, -0.25) is 4.79 Å². The van der Waals surface area contributed by atoms with Crippen molar-refractivity contribution in [1.29, 1.82) is 0 Å². The van der Waals surface area contributed by atoms with E-state index in [0.29, 0.717) is 0 Å². The fraction of sp³-hybridized carbons (Fsp3) is 0.357. The van der Waals surface area contributed by atoms with Crippen molar-refractivity contribution in [3.63, 3.8) is 0 Å². The van der Waals surface area contributed by atoms with Crippen molar-refractivity contribution in [2.75, 3.05) is 13.1 Å². The fourth-order valence-corrected chi connectivity index (χ4v) is 2.08. The van der Waals surface area contributed by atoms with Crippen molar-refractivity contribution in [3.05, 3.63) is 34.9 Å². The third kappa shape index (κ3) is 1.94. The van der Waals surface area contributed by atoms with Gasteiger partial charge in [0.25, 0.3) is 5.91 Å². The summed E-state index contributed by atoms with van der Waals surface area (Å²) >= 11 is 0. The van der Waals surface area contributed by atoms with Crippen LogP contribution in [0, 0.1) is 19.3 Å². The Balaban J connectivity index is 2.27. The number of terminal acetylenes is 1. The van der Waals surface area contributed by atoms with Gasteiger partial charge in [-0.15, -0.1) is 6.42 Å². The summed E-state index contributed by atoms with van der Waals surface area (Å²) in [6, 6.07) is 5.56. The van der Waals surface area contributed by atoms with Crippen LogP contribution in [0.5, 0.6) is 0 Å². The van der Waals surface area contributed by atoms with Crippen molar-refractivity contribution < 1.29 is 4.79 Å². The van der Waals surface area contributed by atoms with Gasteiger partial charge in [-0.25, -0.2) is 0 Å². The Morgan fingerprint density at radius 3 is 2.62 bits per heavy atom. The minimum absolute atomic E-state index is 0.138. The van der Waals surface area contributed by atoms with Gasteiger partial charge < -0.3 is 4.90 Å². The Kier molecular flexibility index (Phi) is 2.96. The van der Waals surface area contributed by atoms with Gasteiger partial charge in [-0.1, -0.05) is 5.92 Å². The number of hydrogen-bond acceptors (Lipinski definition) is 1. The molecule has 2 nitrogen and oxygen atoms in total. The summed E-state index contributed by atoms with van der Waals surface area (Å²) in [6.45, 7) is 3.70. The van der Waals surface area contributed by atoms with Crippen molar-refractivity contribution in [1.82, 2.24) is 4.90 Å². The zero-order valence-electron chi connectivity index (χ0n) is 9.49. The van der Waals surface area contributed by atoms with Crippen molar-refractivity contribution >= 4 is 5.91 Å². The highest BCUT2D eigenvalue weighted by atomic mass is 16.2. The largest absolute Gasteiger partial charge is 0.339 e. The molecule has 2 rings (SSSR count). The van der Waals surface area contributed by atoms with Crippen molar-refractivity contribution in [2.24, 2.45) is 0 Å². The van der Waals surface area contributed by atoms with Crippen LogP contribution in [0.2, 0.25) is 0 Å². The predicted octanol–water partition coefficient (Wildman–Crippen LogP) is 2.21. The molecule has 82 valence electrons. The van der Waals surface area contributed by atoms with Gasteiger partial charge in [0.05, 0.1) is 0 Å². The highest BCUT2D eigenvalue weighted by molar-refractivity contribution is 5.95. The molecule has 0 atom stereocenters. The molecule has 0 aliphatic carbocycles. The Morgan fingerprint density at radius 1 is 1.38 bits per heavy atom. The number of likely N-dealkylation sites (tertiary alicyclic amines) is 1. The van der Waals surface area contributed by atoms with Gasteiger partial charge in [0.2, 0.25) is 0 Å². The summed E-state index contributed by atoms with van der Waals surface area (Å²) in [6.07, 6.45) is 7.56. The van der Waals surface area contributed by atoms with Crippen LogP contribution in [0.1, 0.15) is 34.3 Å². The summed E-state index contributed by atoms with van der Waals surface area (Å²) in [4.78, 5) is 14.1. The van der Waals surface area contributed by atoms with E-state index in [1.54, 1.807) is 0 Å². The molecule has 0 aromatic heterocycles. The highest BCUT2D eigenvalue weighted by Gasteiger charge is 2.20. The molecule has 2 heteroatoms. The lowest BCUT2D eigenvalue weighted by Gasteiger charge is -2.16.